The summed E-state index contributed by atoms with van der Waals surface area (Å²) < 4.78 is 0. The Labute approximate surface area is 144 Å². The predicted molar refractivity (Wildman–Crippen MR) is 91.5 cm³/mol. The summed E-state index contributed by atoms with van der Waals surface area (Å²) in [6.07, 6.45) is 0.748. The molecule has 2 atom stereocenters. The number of carbonyl (C=O) groups is 1. The summed E-state index contributed by atoms with van der Waals surface area (Å²) in [5.74, 6) is 0.368. The Morgan fingerprint density at radius 2 is 1.88 bits per heavy atom. The highest BCUT2D eigenvalue weighted by molar-refractivity contribution is 6.33. The molecule has 0 amide bonds. The van der Waals surface area contributed by atoms with Crippen LogP contribution in [0.3, 0.4) is 0 Å². The third-order valence-corrected chi connectivity index (χ3v) is 4.91. The van der Waals surface area contributed by atoms with Gasteiger partial charge in [-0.3, -0.25) is 4.79 Å². The Balaban J connectivity index is 1.92. The van der Waals surface area contributed by atoms with Gasteiger partial charge in [0.25, 0.3) is 0 Å². The Morgan fingerprint density at radius 1 is 1.12 bits per heavy atom. The van der Waals surface area contributed by atoms with Gasteiger partial charge in [-0.25, -0.2) is 5.32 Å². The van der Waals surface area contributed by atoms with Gasteiger partial charge < -0.3 is 15.1 Å². The average Bonchev–Trinajstić information content (AvgIpc) is 3.40. The average molecular weight is 345 g/mol. The largest absolute Gasteiger partial charge is 0.374 e. The van der Waals surface area contributed by atoms with Crippen molar-refractivity contribution in [2.75, 3.05) is 4.90 Å². The van der Waals surface area contributed by atoms with E-state index in [1.807, 2.05) is 18.2 Å². The van der Waals surface area contributed by atoms with Crippen molar-refractivity contribution in [3.63, 3.8) is 0 Å². The minimum absolute atomic E-state index is 0.368. The standard InChI is InChI=1S/C18H17ClN2O3/c19-14-3-1-2-4-15(14)21-16-8-12(10-5-6-10)11(9-22)7-13(16)17(23)20-18(21)24/h1-4,7-10,17-18,20,23-24H,5-6H2. The summed E-state index contributed by atoms with van der Waals surface area (Å²) in [5.41, 5.74) is 3.39. The smallest absolute Gasteiger partial charge is 0.190 e. The number of aliphatic hydroxyl groups excluding tert-OH is 2. The number of benzene rings is 2. The van der Waals surface area contributed by atoms with E-state index in [1.54, 1.807) is 23.1 Å². The van der Waals surface area contributed by atoms with E-state index < -0.39 is 12.6 Å². The summed E-state index contributed by atoms with van der Waals surface area (Å²) in [5, 5.41) is 23.9. The molecule has 0 spiro atoms. The van der Waals surface area contributed by atoms with Crippen molar-refractivity contribution in [1.82, 2.24) is 5.32 Å². The predicted octanol–water partition coefficient (Wildman–Crippen LogP) is 3.04. The highest BCUT2D eigenvalue weighted by Gasteiger charge is 2.35. The maximum Gasteiger partial charge on any atom is 0.190 e. The molecule has 24 heavy (non-hydrogen) atoms. The zero-order valence-corrected chi connectivity index (χ0v) is 13.6. The zero-order chi connectivity index (χ0) is 16.8. The molecule has 2 unspecified atom stereocenters. The first kappa shape index (κ1) is 15.6. The van der Waals surface area contributed by atoms with Crippen molar-refractivity contribution < 1.29 is 15.0 Å². The molecule has 124 valence electrons. The molecule has 4 rings (SSSR count). The molecule has 2 aromatic rings. The SMILES string of the molecule is O=Cc1cc2c(cc1C1CC1)N(c1ccccc1Cl)C(O)NC2O. The van der Waals surface area contributed by atoms with Gasteiger partial charge in [0.1, 0.15) is 12.5 Å². The van der Waals surface area contributed by atoms with Gasteiger partial charge in [-0.15, -0.1) is 0 Å². The van der Waals surface area contributed by atoms with Crippen LogP contribution in [0.4, 0.5) is 11.4 Å². The van der Waals surface area contributed by atoms with Crippen molar-refractivity contribution >= 4 is 29.3 Å². The van der Waals surface area contributed by atoms with Crippen LogP contribution in [0.1, 0.15) is 46.5 Å². The molecule has 0 radical (unpaired) electrons. The highest BCUT2D eigenvalue weighted by Crippen LogP contribution is 2.46. The van der Waals surface area contributed by atoms with Gasteiger partial charge in [0.15, 0.2) is 6.35 Å². The van der Waals surface area contributed by atoms with Crippen molar-refractivity contribution in [2.45, 2.75) is 31.3 Å². The number of anilines is 2. The fourth-order valence-electron chi connectivity index (χ4n) is 3.26. The second-order valence-electron chi connectivity index (χ2n) is 6.20. The van der Waals surface area contributed by atoms with E-state index in [4.69, 9.17) is 11.6 Å². The van der Waals surface area contributed by atoms with E-state index >= 15 is 0 Å². The molecule has 0 aromatic heterocycles. The van der Waals surface area contributed by atoms with E-state index in [0.29, 0.717) is 33.4 Å². The fourth-order valence-corrected chi connectivity index (χ4v) is 3.49. The quantitative estimate of drug-likeness (QED) is 0.746. The Morgan fingerprint density at radius 3 is 2.54 bits per heavy atom. The van der Waals surface area contributed by atoms with E-state index in [9.17, 15) is 15.0 Å². The lowest BCUT2D eigenvalue weighted by Gasteiger charge is -2.39. The zero-order valence-electron chi connectivity index (χ0n) is 12.8. The van der Waals surface area contributed by atoms with Gasteiger partial charge in [-0.1, -0.05) is 23.7 Å². The molecule has 6 heteroatoms. The van der Waals surface area contributed by atoms with E-state index in [0.717, 1.165) is 24.7 Å². The van der Waals surface area contributed by atoms with Crippen LogP contribution in [0.25, 0.3) is 0 Å². The van der Waals surface area contributed by atoms with Crippen LogP contribution in [-0.2, 0) is 0 Å². The molecule has 1 saturated carbocycles. The number of rotatable bonds is 3. The summed E-state index contributed by atoms with van der Waals surface area (Å²) in [6.45, 7) is 0. The molecule has 0 saturated heterocycles. The van der Waals surface area contributed by atoms with Crippen molar-refractivity contribution in [3.8, 4) is 0 Å². The number of carbonyl (C=O) groups excluding carboxylic acids is 1. The molecule has 2 aliphatic rings. The first-order valence-electron chi connectivity index (χ1n) is 7.89. The van der Waals surface area contributed by atoms with Gasteiger partial charge in [-0.05, 0) is 48.6 Å². The first-order valence-corrected chi connectivity index (χ1v) is 8.27. The summed E-state index contributed by atoms with van der Waals surface area (Å²) in [4.78, 5) is 13.1. The Bertz CT molecular complexity index is 807. The van der Waals surface area contributed by atoms with Gasteiger partial charge >= 0.3 is 0 Å². The van der Waals surface area contributed by atoms with Crippen LogP contribution < -0.4 is 10.2 Å². The van der Waals surface area contributed by atoms with Gasteiger partial charge in [0.05, 0.1) is 16.4 Å². The van der Waals surface area contributed by atoms with Crippen LogP contribution in [0.5, 0.6) is 0 Å². The second kappa shape index (κ2) is 5.86. The van der Waals surface area contributed by atoms with Crippen LogP contribution in [0.15, 0.2) is 36.4 Å². The van der Waals surface area contributed by atoms with Gasteiger partial charge in [0, 0.05) is 11.1 Å². The molecule has 1 heterocycles. The summed E-state index contributed by atoms with van der Waals surface area (Å²) in [7, 11) is 0. The molecule has 3 N–H and O–H groups in total. The lowest BCUT2D eigenvalue weighted by atomic mass is 9.96. The topological polar surface area (TPSA) is 72.8 Å². The van der Waals surface area contributed by atoms with E-state index in [-0.39, 0.29) is 0 Å². The Kier molecular flexibility index (Phi) is 3.81. The van der Waals surface area contributed by atoms with Crippen LogP contribution in [0.2, 0.25) is 5.02 Å². The number of fused-ring (bicyclic) bond motifs is 1. The van der Waals surface area contributed by atoms with E-state index in [1.165, 1.54) is 0 Å². The molecule has 1 aliphatic carbocycles. The lowest BCUT2D eigenvalue weighted by Crippen LogP contribution is -2.49. The van der Waals surface area contributed by atoms with Gasteiger partial charge in [-0.2, -0.15) is 0 Å². The third kappa shape index (κ3) is 2.50. The maximum absolute atomic E-state index is 11.4. The number of aliphatic hydroxyl groups is 2. The van der Waals surface area contributed by atoms with Crippen LogP contribution in [-0.4, -0.2) is 22.9 Å². The number of hydrogen-bond acceptors (Lipinski definition) is 5. The molecular weight excluding hydrogens is 328 g/mol. The first-order chi connectivity index (χ1) is 11.6. The second-order valence-corrected chi connectivity index (χ2v) is 6.60. The molecule has 1 aliphatic heterocycles. The summed E-state index contributed by atoms with van der Waals surface area (Å²) in [6, 6.07) is 10.8. The summed E-state index contributed by atoms with van der Waals surface area (Å²) >= 11 is 6.30. The monoisotopic (exact) mass is 344 g/mol. The number of halogens is 1. The molecular formula is C18H17ClN2O3. The number of hydrogen-bond donors (Lipinski definition) is 3. The van der Waals surface area contributed by atoms with Crippen LogP contribution in [0, 0.1) is 0 Å². The number of para-hydroxylation sites is 1. The van der Waals surface area contributed by atoms with Crippen molar-refractivity contribution in [3.05, 3.63) is 58.1 Å². The molecule has 2 aromatic carbocycles. The van der Waals surface area contributed by atoms with Crippen LogP contribution >= 0.6 is 11.6 Å². The van der Waals surface area contributed by atoms with Crippen molar-refractivity contribution in [1.29, 1.82) is 0 Å². The molecule has 5 nitrogen and oxygen atoms in total. The number of aldehydes is 1. The molecule has 1 fully saturated rings. The number of nitrogens with one attached hydrogen (secondary N) is 1. The minimum Gasteiger partial charge on any atom is -0.374 e. The highest BCUT2D eigenvalue weighted by atomic mass is 35.5. The van der Waals surface area contributed by atoms with E-state index in [2.05, 4.69) is 5.32 Å². The molecule has 0 bridgehead atoms. The fraction of sp³-hybridized carbons (Fsp3) is 0.278. The Hall–Kier alpha value is -1.92. The normalized spacial score (nSPS) is 23.0. The number of nitrogens with zero attached hydrogens (tertiary/aromatic N) is 1. The minimum atomic E-state index is -1.12. The van der Waals surface area contributed by atoms with Crippen molar-refractivity contribution in [2.24, 2.45) is 0 Å². The maximum atomic E-state index is 11.4. The third-order valence-electron chi connectivity index (χ3n) is 4.59. The lowest BCUT2D eigenvalue weighted by molar-refractivity contribution is 0.0360. The van der Waals surface area contributed by atoms with Gasteiger partial charge in [0.2, 0.25) is 0 Å².